The van der Waals surface area contributed by atoms with Crippen LogP contribution in [0.25, 0.3) is 22.2 Å². The molecule has 3 nitrogen and oxygen atoms in total. The van der Waals surface area contributed by atoms with E-state index in [4.69, 9.17) is 4.98 Å². The Morgan fingerprint density at radius 1 is 1.00 bits per heavy atom. The first kappa shape index (κ1) is 13.3. The molecule has 0 aliphatic rings. The van der Waals surface area contributed by atoms with E-state index >= 15 is 0 Å². The Morgan fingerprint density at radius 2 is 1.71 bits per heavy atom. The Kier molecular flexibility index (Phi) is 3.18. The molecule has 3 aromatic rings. The van der Waals surface area contributed by atoms with Crippen LogP contribution in [0.1, 0.15) is 21.5 Å². The van der Waals surface area contributed by atoms with E-state index in [2.05, 4.69) is 0 Å². The van der Waals surface area contributed by atoms with Crippen LogP contribution in [0.15, 0.2) is 48.5 Å². The summed E-state index contributed by atoms with van der Waals surface area (Å²) in [7, 11) is 0. The molecule has 0 aliphatic carbocycles. The molecule has 0 amide bonds. The first-order chi connectivity index (χ1) is 10.1. The molecule has 0 fully saturated rings. The molecule has 0 unspecified atom stereocenters. The lowest BCUT2D eigenvalue weighted by atomic mass is 9.96. The van der Waals surface area contributed by atoms with Gasteiger partial charge in [0.1, 0.15) is 0 Å². The number of carboxylic acid groups (broad SMARTS) is 1. The summed E-state index contributed by atoms with van der Waals surface area (Å²) in [5.74, 6) is -1.16. The van der Waals surface area contributed by atoms with E-state index in [-0.39, 0.29) is 5.56 Å². The van der Waals surface area contributed by atoms with Gasteiger partial charge in [-0.15, -0.1) is 0 Å². The first-order valence-electron chi connectivity index (χ1n) is 6.76. The Balaban J connectivity index is 2.45. The zero-order chi connectivity index (χ0) is 15.0. The van der Waals surface area contributed by atoms with Gasteiger partial charge < -0.3 is 9.90 Å². The number of aryl methyl sites for hydroxylation is 1. The molecule has 0 N–H and O–H groups in total. The van der Waals surface area contributed by atoms with Crippen LogP contribution < -0.4 is 5.11 Å². The number of carbonyl (C=O) groups excluding carboxylic acids is 1. The van der Waals surface area contributed by atoms with E-state index in [1.807, 2.05) is 49.4 Å². The minimum absolute atomic E-state index is 0.225. The Morgan fingerprint density at radius 3 is 2.38 bits per heavy atom. The third-order valence-corrected chi connectivity index (χ3v) is 3.71. The number of para-hydroxylation sites is 1. The van der Waals surface area contributed by atoms with Crippen molar-refractivity contribution in [3.8, 4) is 11.3 Å². The molecule has 0 aliphatic heterocycles. The molecule has 21 heavy (non-hydrogen) atoms. The van der Waals surface area contributed by atoms with Gasteiger partial charge in [-0.3, -0.25) is 0 Å². The maximum absolute atomic E-state index is 11.6. The number of pyridine rings is 1. The topological polar surface area (TPSA) is 53.0 Å². The second-order valence-corrected chi connectivity index (χ2v) is 5.08. The Hall–Kier alpha value is -2.68. The van der Waals surface area contributed by atoms with E-state index in [0.717, 1.165) is 11.1 Å². The SMILES string of the molecule is Cc1c(-c2ccccc2)nc2c(C)cccc2c1C(=O)[O-]. The summed E-state index contributed by atoms with van der Waals surface area (Å²) >= 11 is 0. The van der Waals surface area contributed by atoms with E-state index < -0.39 is 5.97 Å². The summed E-state index contributed by atoms with van der Waals surface area (Å²) in [5.41, 5.74) is 4.12. The van der Waals surface area contributed by atoms with Crippen LogP contribution in [0.3, 0.4) is 0 Å². The molecule has 2 aromatic carbocycles. The number of aromatic carboxylic acids is 1. The molecule has 0 atom stereocenters. The van der Waals surface area contributed by atoms with Gasteiger partial charge in [0.15, 0.2) is 0 Å². The molecule has 3 rings (SSSR count). The summed E-state index contributed by atoms with van der Waals surface area (Å²) in [4.78, 5) is 16.3. The molecule has 0 spiro atoms. The number of rotatable bonds is 2. The van der Waals surface area contributed by atoms with Crippen molar-refractivity contribution in [3.05, 3.63) is 65.2 Å². The van der Waals surface area contributed by atoms with Crippen LogP contribution in [0.5, 0.6) is 0 Å². The van der Waals surface area contributed by atoms with E-state index in [1.54, 1.807) is 13.0 Å². The number of aromatic nitrogens is 1. The van der Waals surface area contributed by atoms with Crippen LogP contribution >= 0.6 is 0 Å². The summed E-state index contributed by atoms with van der Waals surface area (Å²) in [5, 5.41) is 12.2. The average molecular weight is 276 g/mol. The number of nitrogens with zero attached hydrogens (tertiary/aromatic N) is 1. The van der Waals surface area contributed by atoms with Gasteiger partial charge in [-0.05, 0) is 25.0 Å². The van der Waals surface area contributed by atoms with Gasteiger partial charge in [0.2, 0.25) is 0 Å². The van der Waals surface area contributed by atoms with Crippen molar-refractivity contribution in [3.63, 3.8) is 0 Å². The van der Waals surface area contributed by atoms with Gasteiger partial charge in [-0.25, -0.2) is 4.98 Å². The molecule has 1 heterocycles. The summed E-state index contributed by atoms with van der Waals surface area (Å²) < 4.78 is 0. The van der Waals surface area contributed by atoms with Crippen molar-refractivity contribution >= 4 is 16.9 Å². The van der Waals surface area contributed by atoms with Gasteiger partial charge in [0.25, 0.3) is 0 Å². The number of fused-ring (bicyclic) bond motifs is 1. The quantitative estimate of drug-likeness (QED) is 0.723. The fourth-order valence-corrected chi connectivity index (χ4v) is 2.67. The summed E-state index contributed by atoms with van der Waals surface area (Å²) in [6.07, 6.45) is 0. The number of carboxylic acids is 1. The average Bonchev–Trinajstić information content (AvgIpc) is 2.47. The van der Waals surface area contributed by atoms with Gasteiger partial charge in [0, 0.05) is 16.5 Å². The van der Waals surface area contributed by atoms with Crippen molar-refractivity contribution in [1.29, 1.82) is 0 Å². The van der Waals surface area contributed by atoms with Gasteiger partial charge in [0.05, 0.1) is 17.2 Å². The molecule has 0 saturated heterocycles. The van der Waals surface area contributed by atoms with Crippen LogP contribution in [0.2, 0.25) is 0 Å². The molecule has 104 valence electrons. The van der Waals surface area contributed by atoms with E-state index in [0.29, 0.717) is 22.2 Å². The highest BCUT2D eigenvalue weighted by molar-refractivity contribution is 6.05. The normalized spacial score (nSPS) is 10.8. The summed E-state index contributed by atoms with van der Waals surface area (Å²) in [6.45, 7) is 3.71. The highest BCUT2D eigenvalue weighted by Crippen LogP contribution is 2.30. The molecular weight excluding hydrogens is 262 g/mol. The lowest BCUT2D eigenvalue weighted by Crippen LogP contribution is -2.24. The van der Waals surface area contributed by atoms with Crippen molar-refractivity contribution in [2.45, 2.75) is 13.8 Å². The standard InChI is InChI=1S/C18H15NO2/c1-11-7-6-10-14-15(18(20)21)12(2)17(19-16(11)14)13-8-4-3-5-9-13/h3-10H,1-2H3,(H,20,21)/p-1. The molecule has 3 heteroatoms. The number of benzene rings is 2. The second-order valence-electron chi connectivity index (χ2n) is 5.08. The van der Waals surface area contributed by atoms with E-state index in [1.165, 1.54) is 0 Å². The smallest absolute Gasteiger partial charge is 0.0745 e. The van der Waals surface area contributed by atoms with Crippen LogP contribution in [0, 0.1) is 13.8 Å². The summed E-state index contributed by atoms with van der Waals surface area (Å²) in [6, 6.07) is 15.2. The first-order valence-corrected chi connectivity index (χ1v) is 6.76. The third-order valence-electron chi connectivity index (χ3n) is 3.71. The molecule has 0 bridgehead atoms. The van der Waals surface area contributed by atoms with Crippen LogP contribution in [0.4, 0.5) is 0 Å². The molecule has 0 radical (unpaired) electrons. The largest absolute Gasteiger partial charge is 0.545 e. The minimum atomic E-state index is -1.16. The second kappa shape index (κ2) is 5.02. The van der Waals surface area contributed by atoms with E-state index in [9.17, 15) is 9.90 Å². The maximum Gasteiger partial charge on any atom is 0.0745 e. The molecule has 1 aromatic heterocycles. The number of hydrogen-bond donors (Lipinski definition) is 0. The molecule has 0 saturated carbocycles. The van der Waals surface area contributed by atoms with Crippen LogP contribution in [-0.4, -0.2) is 11.0 Å². The fourth-order valence-electron chi connectivity index (χ4n) is 2.67. The minimum Gasteiger partial charge on any atom is -0.545 e. The fraction of sp³-hybridized carbons (Fsp3) is 0.111. The number of hydrogen-bond acceptors (Lipinski definition) is 3. The Labute approximate surface area is 122 Å². The lowest BCUT2D eigenvalue weighted by Gasteiger charge is -2.16. The van der Waals surface area contributed by atoms with Crippen molar-refractivity contribution in [2.24, 2.45) is 0 Å². The number of carbonyl (C=O) groups is 1. The van der Waals surface area contributed by atoms with Crippen LogP contribution in [-0.2, 0) is 0 Å². The van der Waals surface area contributed by atoms with Gasteiger partial charge in [-0.1, -0.05) is 48.5 Å². The molecular formula is C18H14NO2-. The predicted octanol–water partition coefficient (Wildman–Crippen LogP) is 2.88. The predicted molar refractivity (Wildman–Crippen MR) is 81.0 cm³/mol. The monoisotopic (exact) mass is 276 g/mol. The zero-order valence-corrected chi connectivity index (χ0v) is 11.9. The third kappa shape index (κ3) is 2.17. The van der Waals surface area contributed by atoms with Crippen molar-refractivity contribution in [2.75, 3.05) is 0 Å². The lowest BCUT2D eigenvalue weighted by molar-refractivity contribution is -0.254. The van der Waals surface area contributed by atoms with Crippen molar-refractivity contribution < 1.29 is 9.90 Å². The maximum atomic E-state index is 11.6. The van der Waals surface area contributed by atoms with Gasteiger partial charge in [-0.2, -0.15) is 0 Å². The Bertz CT molecular complexity index is 839. The zero-order valence-electron chi connectivity index (χ0n) is 11.9. The van der Waals surface area contributed by atoms with Gasteiger partial charge >= 0.3 is 0 Å². The van der Waals surface area contributed by atoms with Crippen molar-refractivity contribution in [1.82, 2.24) is 4.98 Å². The highest BCUT2D eigenvalue weighted by atomic mass is 16.4. The highest BCUT2D eigenvalue weighted by Gasteiger charge is 2.14.